The molecule has 0 aromatic heterocycles. The first kappa shape index (κ1) is 12.0. The summed E-state index contributed by atoms with van der Waals surface area (Å²) in [5.74, 6) is 0. The van der Waals surface area contributed by atoms with Crippen LogP contribution >= 0.6 is 0 Å². The maximum atomic E-state index is 10.7. The van der Waals surface area contributed by atoms with Crippen molar-refractivity contribution in [3.63, 3.8) is 0 Å². The Labute approximate surface area is 79.7 Å². The summed E-state index contributed by atoms with van der Waals surface area (Å²) in [4.78, 5) is 10.7. The molecule has 3 nitrogen and oxygen atoms in total. The van der Waals surface area contributed by atoms with Gasteiger partial charge in [0.25, 0.3) is 0 Å². The van der Waals surface area contributed by atoms with Crippen LogP contribution in [0, 0.1) is 0 Å². The Balaban J connectivity index is 3.12. The Hall–Kier alpha value is -0.990. The van der Waals surface area contributed by atoms with Crippen molar-refractivity contribution in [1.82, 2.24) is 0 Å². The fourth-order valence-electron chi connectivity index (χ4n) is 0.853. The number of ether oxygens (including phenoxy) is 2. The van der Waals surface area contributed by atoms with E-state index in [1.165, 1.54) is 18.9 Å². The lowest BCUT2D eigenvalue weighted by Gasteiger charge is -2.03. The molecule has 0 aliphatic carbocycles. The van der Waals surface area contributed by atoms with Gasteiger partial charge in [-0.1, -0.05) is 38.8 Å². The number of unbranched alkanes of at least 4 members (excludes halogenated alkanes) is 3. The average molecular weight is 186 g/mol. The highest BCUT2D eigenvalue weighted by atomic mass is 16.7. The van der Waals surface area contributed by atoms with E-state index in [9.17, 15) is 4.79 Å². The zero-order chi connectivity index (χ0) is 9.94. The molecule has 0 spiro atoms. The fraction of sp³-hybridized carbons (Fsp3) is 0.700. The summed E-state index contributed by atoms with van der Waals surface area (Å²) in [6.07, 6.45) is 5.29. The van der Waals surface area contributed by atoms with Gasteiger partial charge in [0.1, 0.15) is 6.61 Å². The van der Waals surface area contributed by atoms with Crippen LogP contribution in [0.5, 0.6) is 0 Å². The van der Waals surface area contributed by atoms with Crippen LogP contribution in [0.25, 0.3) is 0 Å². The topological polar surface area (TPSA) is 35.5 Å². The van der Waals surface area contributed by atoms with Gasteiger partial charge < -0.3 is 9.47 Å². The van der Waals surface area contributed by atoms with Crippen LogP contribution in [-0.4, -0.2) is 19.4 Å². The van der Waals surface area contributed by atoms with E-state index >= 15 is 0 Å². The molecule has 13 heavy (non-hydrogen) atoms. The molecule has 0 rings (SSSR count). The van der Waals surface area contributed by atoms with Gasteiger partial charge in [0, 0.05) is 0 Å². The minimum absolute atomic E-state index is 0.216. The van der Waals surface area contributed by atoms with Crippen LogP contribution in [0.2, 0.25) is 0 Å². The van der Waals surface area contributed by atoms with Crippen molar-refractivity contribution in [1.29, 1.82) is 0 Å². The number of carbonyl (C=O) groups excluding carboxylic acids is 1. The highest BCUT2D eigenvalue weighted by molar-refractivity contribution is 5.59. The molecule has 0 aliphatic heterocycles. The quantitative estimate of drug-likeness (QED) is 0.348. The Morgan fingerprint density at radius 3 is 2.69 bits per heavy atom. The zero-order valence-electron chi connectivity index (χ0n) is 8.25. The molecular weight excluding hydrogens is 168 g/mol. The van der Waals surface area contributed by atoms with E-state index in [0.717, 1.165) is 12.8 Å². The van der Waals surface area contributed by atoms with E-state index in [2.05, 4.69) is 18.2 Å². The second kappa shape index (κ2) is 9.10. The summed E-state index contributed by atoms with van der Waals surface area (Å²) >= 11 is 0. The summed E-state index contributed by atoms with van der Waals surface area (Å²) in [6, 6.07) is 0. The zero-order valence-corrected chi connectivity index (χ0v) is 8.25. The minimum atomic E-state index is -0.601. The van der Waals surface area contributed by atoms with Gasteiger partial charge in [-0.2, -0.15) is 0 Å². The van der Waals surface area contributed by atoms with E-state index in [-0.39, 0.29) is 6.61 Å². The molecule has 0 aliphatic rings. The summed E-state index contributed by atoms with van der Waals surface area (Å²) < 4.78 is 9.40. The lowest BCUT2D eigenvalue weighted by atomic mass is 10.2. The van der Waals surface area contributed by atoms with Gasteiger partial charge in [-0.15, -0.1) is 0 Å². The lowest BCUT2D eigenvalue weighted by molar-refractivity contribution is 0.0620. The second-order valence-electron chi connectivity index (χ2n) is 2.76. The second-order valence-corrected chi connectivity index (χ2v) is 2.76. The first-order chi connectivity index (χ1) is 6.31. The molecule has 0 radical (unpaired) electrons. The fourth-order valence-corrected chi connectivity index (χ4v) is 0.853. The molecule has 0 N–H and O–H groups in total. The molecule has 0 aromatic carbocycles. The molecule has 76 valence electrons. The normalized spacial score (nSPS) is 9.31. The molecule has 0 fully saturated rings. The molecule has 0 aromatic rings. The summed E-state index contributed by atoms with van der Waals surface area (Å²) in [6.45, 7) is 6.23. The van der Waals surface area contributed by atoms with E-state index in [0.29, 0.717) is 6.61 Å². The molecule has 0 unspecified atom stereocenters. The third-order valence-corrected chi connectivity index (χ3v) is 1.54. The Morgan fingerprint density at radius 1 is 1.31 bits per heavy atom. The molecule has 3 heteroatoms. The maximum Gasteiger partial charge on any atom is 0.508 e. The molecule has 0 bridgehead atoms. The van der Waals surface area contributed by atoms with Crippen LogP contribution in [0.4, 0.5) is 4.79 Å². The number of carbonyl (C=O) groups is 1. The first-order valence-electron chi connectivity index (χ1n) is 4.71. The van der Waals surface area contributed by atoms with Gasteiger partial charge in [-0.25, -0.2) is 4.79 Å². The lowest BCUT2D eigenvalue weighted by Crippen LogP contribution is -2.08. The summed E-state index contributed by atoms with van der Waals surface area (Å²) in [5.41, 5.74) is 0. The summed E-state index contributed by atoms with van der Waals surface area (Å²) in [5, 5.41) is 0. The van der Waals surface area contributed by atoms with Crippen LogP contribution in [-0.2, 0) is 9.47 Å². The standard InChI is InChI=1S/C10H18O3/c1-3-5-6-7-9-13-10(11)12-8-4-2/h4H,2-3,5-9H2,1H3. The largest absolute Gasteiger partial charge is 0.508 e. The molecule has 0 heterocycles. The van der Waals surface area contributed by atoms with Crippen molar-refractivity contribution in [3.8, 4) is 0 Å². The van der Waals surface area contributed by atoms with Crippen molar-refractivity contribution in [2.24, 2.45) is 0 Å². The molecule has 0 saturated carbocycles. The van der Waals surface area contributed by atoms with E-state index < -0.39 is 6.16 Å². The van der Waals surface area contributed by atoms with E-state index in [1.54, 1.807) is 0 Å². The SMILES string of the molecule is C=CCOC(=O)OCCCCCC. The van der Waals surface area contributed by atoms with Crippen LogP contribution in [0.3, 0.4) is 0 Å². The van der Waals surface area contributed by atoms with Gasteiger partial charge in [0.15, 0.2) is 0 Å². The highest BCUT2D eigenvalue weighted by Gasteiger charge is 2.00. The third-order valence-electron chi connectivity index (χ3n) is 1.54. The minimum Gasteiger partial charge on any atom is -0.434 e. The maximum absolute atomic E-state index is 10.7. The van der Waals surface area contributed by atoms with Gasteiger partial charge in [0.2, 0.25) is 0 Å². The monoisotopic (exact) mass is 186 g/mol. The third kappa shape index (κ3) is 8.92. The molecule has 0 atom stereocenters. The van der Waals surface area contributed by atoms with E-state index in [4.69, 9.17) is 4.74 Å². The predicted octanol–water partition coefficient (Wildman–Crippen LogP) is 2.91. The Bertz CT molecular complexity index is 143. The molecule has 0 amide bonds. The molecular formula is C10H18O3. The Kier molecular flexibility index (Phi) is 8.41. The molecule has 0 saturated heterocycles. The van der Waals surface area contributed by atoms with Crippen molar-refractivity contribution in [3.05, 3.63) is 12.7 Å². The van der Waals surface area contributed by atoms with Gasteiger partial charge in [-0.3, -0.25) is 0 Å². The van der Waals surface area contributed by atoms with Crippen LogP contribution in [0.1, 0.15) is 32.6 Å². The smallest absolute Gasteiger partial charge is 0.434 e. The van der Waals surface area contributed by atoms with Gasteiger partial charge >= 0.3 is 6.16 Å². The van der Waals surface area contributed by atoms with Gasteiger partial charge in [-0.05, 0) is 6.42 Å². The van der Waals surface area contributed by atoms with E-state index in [1.807, 2.05) is 0 Å². The number of hydrogen-bond donors (Lipinski definition) is 0. The predicted molar refractivity (Wildman–Crippen MR) is 51.6 cm³/mol. The summed E-state index contributed by atoms with van der Waals surface area (Å²) in [7, 11) is 0. The highest BCUT2D eigenvalue weighted by Crippen LogP contribution is 1.99. The Morgan fingerprint density at radius 2 is 2.08 bits per heavy atom. The average Bonchev–Trinajstić information content (AvgIpc) is 2.14. The van der Waals surface area contributed by atoms with Gasteiger partial charge in [0.05, 0.1) is 6.61 Å². The number of rotatable bonds is 7. The van der Waals surface area contributed by atoms with Crippen molar-refractivity contribution in [2.75, 3.05) is 13.2 Å². The first-order valence-corrected chi connectivity index (χ1v) is 4.71. The number of hydrogen-bond acceptors (Lipinski definition) is 3. The van der Waals surface area contributed by atoms with Crippen molar-refractivity contribution >= 4 is 6.16 Å². The van der Waals surface area contributed by atoms with Crippen molar-refractivity contribution in [2.45, 2.75) is 32.6 Å². The van der Waals surface area contributed by atoms with Crippen LogP contribution in [0.15, 0.2) is 12.7 Å². The van der Waals surface area contributed by atoms with Crippen LogP contribution < -0.4 is 0 Å². The van der Waals surface area contributed by atoms with Crippen molar-refractivity contribution < 1.29 is 14.3 Å².